The SMILES string of the molecule is CNCc1cnc(N2CCN(C)CC2C)c(Cl)c1. The number of nitrogens with one attached hydrogen (secondary N) is 1. The number of nitrogens with zero attached hydrogens (tertiary/aromatic N) is 3. The second kappa shape index (κ2) is 5.87. The summed E-state index contributed by atoms with van der Waals surface area (Å²) in [7, 11) is 4.07. The van der Waals surface area contributed by atoms with Crippen LogP contribution in [0.15, 0.2) is 12.3 Å². The van der Waals surface area contributed by atoms with E-state index in [4.69, 9.17) is 11.6 Å². The van der Waals surface area contributed by atoms with Crippen molar-refractivity contribution in [2.75, 3.05) is 38.6 Å². The van der Waals surface area contributed by atoms with Crippen molar-refractivity contribution in [1.29, 1.82) is 0 Å². The molecule has 1 aliphatic heterocycles. The van der Waals surface area contributed by atoms with Gasteiger partial charge >= 0.3 is 0 Å². The van der Waals surface area contributed by atoms with Gasteiger partial charge in [-0.05, 0) is 32.6 Å². The Morgan fingerprint density at radius 2 is 2.28 bits per heavy atom. The average Bonchev–Trinajstić information content (AvgIpc) is 2.31. The number of piperazine rings is 1. The minimum Gasteiger partial charge on any atom is -0.350 e. The summed E-state index contributed by atoms with van der Waals surface area (Å²) in [6, 6.07) is 2.45. The van der Waals surface area contributed by atoms with Crippen LogP contribution in [0.2, 0.25) is 5.02 Å². The number of halogens is 1. The van der Waals surface area contributed by atoms with Crippen LogP contribution in [0.1, 0.15) is 12.5 Å². The van der Waals surface area contributed by atoms with Gasteiger partial charge in [0.05, 0.1) is 5.02 Å². The van der Waals surface area contributed by atoms with Crippen molar-refractivity contribution in [1.82, 2.24) is 15.2 Å². The van der Waals surface area contributed by atoms with Crippen LogP contribution < -0.4 is 10.2 Å². The lowest BCUT2D eigenvalue weighted by Crippen LogP contribution is -2.50. The van der Waals surface area contributed by atoms with E-state index < -0.39 is 0 Å². The van der Waals surface area contributed by atoms with Crippen LogP contribution in [0.3, 0.4) is 0 Å². The van der Waals surface area contributed by atoms with Gasteiger partial charge in [0.2, 0.25) is 0 Å². The topological polar surface area (TPSA) is 31.4 Å². The Balaban J connectivity index is 2.17. The fourth-order valence-electron chi connectivity index (χ4n) is 2.44. The zero-order chi connectivity index (χ0) is 13.1. The van der Waals surface area contributed by atoms with Gasteiger partial charge in [0.15, 0.2) is 0 Å². The summed E-state index contributed by atoms with van der Waals surface area (Å²) in [5, 5.41) is 3.86. The first-order valence-corrected chi connectivity index (χ1v) is 6.74. The third kappa shape index (κ3) is 2.94. The highest BCUT2D eigenvalue weighted by Gasteiger charge is 2.24. The molecule has 4 nitrogen and oxygen atoms in total. The zero-order valence-corrected chi connectivity index (χ0v) is 12.0. The summed E-state index contributed by atoms with van der Waals surface area (Å²) in [5.41, 5.74) is 1.12. The molecule has 0 amide bonds. The fraction of sp³-hybridized carbons (Fsp3) is 0.615. The van der Waals surface area contributed by atoms with E-state index in [0.717, 1.165) is 42.6 Å². The van der Waals surface area contributed by atoms with Crippen LogP contribution in [0.4, 0.5) is 5.82 Å². The number of rotatable bonds is 3. The lowest BCUT2D eigenvalue weighted by Gasteiger charge is -2.39. The van der Waals surface area contributed by atoms with Gasteiger partial charge in [-0.2, -0.15) is 0 Å². The van der Waals surface area contributed by atoms with Gasteiger partial charge in [0.1, 0.15) is 5.82 Å². The second-order valence-electron chi connectivity index (χ2n) is 4.98. The van der Waals surface area contributed by atoms with Crippen molar-refractivity contribution in [3.05, 3.63) is 22.8 Å². The molecule has 1 fully saturated rings. The smallest absolute Gasteiger partial charge is 0.147 e. The van der Waals surface area contributed by atoms with E-state index in [2.05, 4.69) is 34.1 Å². The minimum atomic E-state index is 0.448. The molecule has 1 atom stereocenters. The molecule has 0 saturated carbocycles. The Morgan fingerprint density at radius 3 is 2.89 bits per heavy atom. The molecule has 1 aromatic heterocycles. The van der Waals surface area contributed by atoms with E-state index in [0.29, 0.717) is 6.04 Å². The first-order valence-electron chi connectivity index (χ1n) is 6.36. The Kier molecular flexibility index (Phi) is 4.43. The number of pyridine rings is 1. The Morgan fingerprint density at radius 1 is 1.50 bits per heavy atom. The van der Waals surface area contributed by atoms with Gasteiger partial charge in [-0.25, -0.2) is 4.98 Å². The molecule has 18 heavy (non-hydrogen) atoms. The van der Waals surface area contributed by atoms with E-state index >= 15 is 0 Å². The van der Waals surface area contributed by atoms with Gasteiger partial charge in [0, 0.05) is 38.4 Å². The van der Waals surface area contributed by atoms with E-state index in [1.807, 2.05) is 19.3 Å². The van der Waals surface area contributed by atoms with E-state index in [1.165, 1.54) is 0 Å². The van der Waals surface area contributed by atoms with Crippen molar-refractivity contribution in [3.63, 3.8) is 0 Å². The summed E-state index contributed by atoms with van der Waals surface area (Å²) in [4.78, 5) is 9.17. The van der Waals surface area contributed by atoms with Crippen LogP contribution in [-0.4, -0.2) is 49.7 Å². The minimum absolute atomic E-state index is 0.448. The molecule has 100 valence electrons. The van der Waals surface area contributed by atoms with Crippen LogP contribution in [0.5, 0.6) is 0 Å². The van der Waals surface area contributed by atoms with Crippen molar-refractivity contribution >= 4 is 17.4 Å². The quantitative estimate of drug-likeness (QED) is 0.902. The molecule has 0 spiro atoms. The third-order valence-electron chi connectivity index (χ3n) is 3.36. The van der Waals surface area contributed by atoms with Crippen molar-refractivity contribution in [2.45, 2.75) is 19.5 Å². The molecular formula is C13H21ClN4. The van der Waals surface area contributed by atoms with Gasteiger partial charge < -0.3 is 15.1 Å². The normalized spacial score (nSPS) is 21.3. The molecule has 1 saturated heterocycles. The standard InChI is InChI=1S/C13H21ClN4/c1-10-9-17(3)4-5-18(10)13-12(14)6-11(7-15-2)8-16-13/h6,8,10,15H,4-5,7,9H2,1-3H3. The van der Waals surface area contributed by atoms with Crippen molar-refractivity contribution in [2.24, 2.45) is 0 Å². The van der Waals surface area contributed by atoms with Gasteiger partial charge in [-0.3, -0.25) is 0 Å². The highest BCUT2D eigenvalue weighted by molar-refractivity contribution is 6.33. The maximum atomic E-state index is 6.35. The molecule has 1 aromatic rings. The van der Waals surface area contributed by atoms with Crippen LogP contribution in [0.25, 0.3) is 0 Å². The first kappa shape index (κ1) is 13.6. The van der Waals surface area contributed by atoms with Crippen LogP contribution >= 0.6 is 11.6 Å². The molecule has 1 aliphatic rings. The number of anilines is 1. The Hall–Kier alpha value is -0.840. The lowest BCUT2D eigenvalue weighted by molar-refractivity contribution is 0.274. The second-order valence-corrected chi connectivity index (χ2v) is 5.39. The first-order chi connectivity index (χ1) is 8.61. The largest absolute Gasteiger partial charge is 0.350 e. The Labute approximate surface area is 114 Å². The molecule has 0 radical (unpaired) electrons. The molecular weight excluding hydrogens is 248 g/mol. The predicted octanol–water partition coefficient (Wildman–Crippen LogP) is 1.59. The summed E-state index contributed by atoms with van der Waals surface area (Å²) in [5.74, 6) is 0.914. The van der Waals surface area contributed by atoms with Crippen molar-refractivity contribution < 1.29 is 0 Å². The fourth-order valence-corrected chi connectivity index (χ4v) is 2.73. The molecule has 2 heterocycles. The van der Waals surface area contributed by atoms with Crippen LogP contribution in [0, 0.1) is 0 Å². The maximum Gasteiger partial charge on any atom is 0.147 e. The van der Waals surface area contributed by atoms with E-state index in [9.17, 15) is 0 Å². The van der Waals surface area contributed by atoms with Gasteiger partial charge in [0.25, 0.3) is 0 Å². The number of hydrogen-bond acceptors (Lipinski definition) is 4. The number of aromatic nitrogens is 1. The molecule has 0 aromatic carbocycles. The highest BCUT2D eigenvalue weighted by atomic mass is 35.5. The van der Waals surface area contributed by atoms with E-state index in [-0.39, 0.29) is 0 Å². The molecule has 2 rings (SSSR count). The molecule has 1 N–H and O–H groups in total. The Bertz CT molecular complexity index is 410. The monoisotopic (exact) mass is 268 g/mol. The summed E-state index contributed by atoms with van der Waals surface area (Å²) in [6.07, 6.45) is 1.91. The summed E-state index contributed by atoms with van der Waals surface area (Å²) < 4.78 is 0. The molecule has 0 aliphatic carbocycles. The molecule has 5 heteroatoms. The van der Waals surface area contributed by atoms with E-state index in [1.54, 1.807) is 0 Å². The number of likely N-dealkylation sites (N-methyl/N-ethyl adjacent to an activating group) is 1. The highest BCUT2D eigenvalue weighted by Crippen LogP contribution is 2.27. The van der Waals surface area contributed by atoms with Crippen molar-refractivity contribution in [3.8, 4) is 0 Å². The average molecular weight is 269 g/mol. The van der Waals surface area contributed by atoms with Gasteiger partial charge in [-0.15, -0.1) is 0 Å². The third-order valence-corrected chi connectivity index (χ3v) is 3.64. The van der Waals surface area contributed by atoms with Gasteiger partial charge in [-0.1, -0.05) is 11.6 Å². The predicted molar refractivity (Wildman–Crippen MR) is 76.3 cm³/mol. The summed E-state index contributed by atoms with van der Waals surface area (Å²) >= 11 is 6.35. The summed E-state index contributed by atoms with van der Waals surface area (Å²) in [6.45, 7) is 6.10. The molecule has 1 unspecified atom stereocenters. The molecule has 0 bridgehead atoms. The van der Waals surface area contributed by atoms with Crippen LogP contribution in [-0.2, 0) is 6.54 Å². The number of hydrogen-bond donors (Lipinski definition) is 1. The lowest BCUT2D eigenvalue weighted by atomic mass is 10.2. The maximum absolute atomic E-state index is 6.35. The zero-order valence-electron chi connectivity index (χ0n) is 11.3.